The second-order valence-corrected chi connectivity index (χ2v) is 7.04. The van der Waals surface area contributed by atoms with Gasteiger partial charge in [-0.2, -0.15) is 10.2 Å². The molecule has 9 heteroatoms. The number of hydrogen-bond donors (Lipinski definition) is 2. The maximum absolute atomic E-state index is 6.46. The molecule has 2 aromatic rings. The maximum Gasteiger partial charge on any atom is 0.187 e. The topological polar surface area (TPSA) is 63.5 Å². The Bertz CT molecular complexity index is 817. The first-order chi connectivity index (χ1) is 12.6. The minimum absolute atomic E-state index is 0.212. The van der Waals surface area contributed by atoms with Crippen LogP contribution in [0.4, 0.5) is 0 Å². The Kier molecular flexibility index (Phi) is 6.48. The summed E-state index contributed by atoms with van der Waals surface area (Å²) < 4.78 is 7.13. The van der Waals surface area contributed by atoms with Gasteiger partial charge in [0.2, 0.25) is 0 Å². The molecule has 0 radical (unpaired) electrons. The summed E-state index contributed by atoms with van der Waals surface area (Å²) in [6, 6.07) is 7.37. The second kappa shape index (κ2) is 8.81. The predicted octanol–water partition coefficient (Wildman–Crippen LogP) is 3.46. The summed E-state index contributed by atoms with van der Waals surface area (Å²) in [5.41, 5.74) is 4.92. The highest BCUT2D eigenvalue weighted by Gasteiger charge is 2.16. The summed E-state index contributed by atoms with van der Waals surface area (Å²) in [4.78, 5) is 0. The number of halogens is 2. The zero-order valence-corrected chi connectivity index (χ0v) is 16.5. The van der Waals surface area contributed by atoms with Gasteiger partial charge in [0.05, 0.1) is 34.3 Å². The summed E-state index contributed by atoms with van der Waals surface area (Å²) in [6.07, 6.45) is 3.95. The van der Waals surface area contributed by atoms with Gasteiger partial charge in [-0.1, -0.05) is 35.3 Å². The van der Waals surface area contributed by atoms with Crippen LogP contribution in [0, 0.1) is 6.92 Å². The normalized spacial score (nSPS) is 17.0. The van der Waals surface area contributed by atoms with Crippen molar-refractivity contribution in [3.05, 3.63) is 45.7 Å². The fourth-order valence-corrected chi connectivity index (χ4v) is 3.31. The van der Waals surface area contributed by atoms with Crippen molar-refractivity contribution < 1.29 is 4.74 Å². The number of rotatable bonds is 5. The number of nitrogens with one attached hydrogen (secondary N) is 2. The number of thiocarbonyl (C=S) groups is 1. The van der Waals surface area contributed by atoms with Crippen molar-refractivity contribution in [1.82, 2.24) is 20.5 Å². The summed E-state index contributed by atoms with van der Waals surface area (Å²) in [5.74, 6) is 0. The van der Waals surface area contributed by atoms with Crippen molar-refractivity contribution in [2.75, 3.05) is 13.2 Å². The first-order valence-corrected chi connectivity index (χ1v) is 9.41. The number of para-hydroxylation sites is 1. The summed E-state index contributed by atoms with van der Waals surface area (Å²) in [7, 11) is 0. The molecule has 138 valence electrons. The highest BCUT2D eigenvalue weighted by molar-refractivity contribution is 7.80. The molecule has 0 bridgehead atoms. The van der Waals surface area contributed by atoms with E-state index in [1.54, 1.807) is 17.0 Å². The van der Waals surface area contributed by atoms with E-state index in [1.165, 1.54) is 0 Å². The van der Waals surface area contributed by atoms with Crippen molar-refractivity contribution in [1.29, 1.82) is 0 Å². The van der Waals surface area contributed by atoms with E-state index in [-0.39, 0.29) is 6.10 Å². The number of ether oxygens (including phenoxy) is 1. The smallest absolute Gasteiger partial charge is 0.187 e. The molecule has 6 nitrogen and oxygen atoms in total. The monoisotopic (exact) mass is 411 g/mol. The van der Waals surface area contributed by atoms with Crippen molar-refractivity contribution in [2.24, 2.45) is 5.10 Å². The fourth-order valence-electron chi connectivity index (χ4n) is 2.65. The summed E-state index contributed by atoms with van der Waals surface area (Å²) in [5, 5.41) is 13.1. The van der Waals surface area contributed by atoms with Gasteiger partial charge in [-0.05, 0) is 44.1 Å². The molecule has 0 saturated carbocycles. The van der Waals surface area contributed by atoms with Gasteiger partial charge in [-0.25, -0.2) is 4.68 Å². The van der Waals surface area contributed by atoms with E-state index in [0.717, 1.165) is 25.1 Å². The van der Waals surface area contributed by atoms with Crippen LogP contribution in [0.3, 0.4) is 0 Å². The highest BCUT2D eigenvalue weighted by atomic mass is 35.5. The second-order valence-electron chi connectivity index (χ2n) is 5.87. The zero-order chi connectivity index (χ0) is 18.5. The molecule has 0 aliphatic carbocycles. The van der Waals surface area contributed by atoms with Crippen LogP contribution >= 0.6 is 35.4 Å². The first-order valence-electron chi connectivity index (χ1n) is 8.25. The lowest BCUT2D eigenvalue weighted by atomic mass is 10.2. The molecule has 2 heterocycles. The third kappa shape index (κ3) is 4.54. The van der Waals surface area contributed by atoms with Gasteiger partial charge in [0.15, 0.2) is 5.11 Å². The highest BCUT2D eigenvalue weighted by Crippen LogP contribution is 2.26. The van der Waals surface area contributed by atoms with E-state index in [2.05, 4.69) is 20.9 Å². The Morgan fingerprint density at radius 3 is 3.00 bits per heavy atom. The molecule has 0 unspecified atom stereocenters. The van der Waals surface area contributed by atoms with E-state index < -0.39 is 0 Å². The Balaban J connectivity index is 1.63. The minimum atomic E-state index is 0.212. The molecule has 1 aromatic carbocycles. The van der Waals surface area contributed by atoms with Crippen LogP contribution in [0.2, 0.25) is 10.2 Å². The van der Waals surface area contributed by atoms with E-state index in [4.69, 9.17) is 40.2 Å². The van der Waals surface area contributed by atoms with Crippen molar-refractivity contribution in [2.45, 2.75) is 25.9 Å². The van der Waals surface area contributed by atoms with E-state index >= 15 is 0 Å². The molecule has 0 amide bonds. The Morgan fingerprint density at radius 1 is 1.46 bits per heavy atom. The number of hydrogen-bond acceptors (Lipinski definition) is 4. The molecular formula is C17H19Cl2N5OS. The zero-order valence-electron chi connectivity index (χ0n) is 14.2. The largest absolute Gasteiger partial charge is 0.376 e. The van der Waals surface area contributed by atoms with Crippen LogP contribution in [0.5, 0.6) is 0 Å². The number of aryl methyl sites for hydroxylation is 1. The molecule has 1 fully saturated rings. The molecule has 1 saturated heterocycles. The average Bonchev–Trinajstić information content (AvgIpc) is 3.24. The van der Waals surface area contributed by atoms with E-state index in [0.29, 0.717) is 33.1 Å². The van der Waals surface area contributed by atoms with Crippen LogP contribution in [-0.2, 0) is 4.74 Å². The third-order valence-corrected chi connectivity index (χ3v) is 4.92. The molecule has 1 atom stereocenters. The quantitative estimate of drug-likeness (QED) is 0.448. The molecule has 1 aliphatic rings. The van der Waals surface area contributed by atoms with Gasteiger partial charge in [-0.3, -0.25) is 5.43 Å². The van der Waals surface area contributed by atoms with Crippen LogP contribution in [0.25, 0.3) is 5.69 Å². The molecule has 26 heavy (non-hydrogen) atoms. The van der Waals surface area contributed by atoms with Crippen LogP contribution in [0.15, 0.2) is 29.4 Å². The predicted molar refractivity (Wildman–Crippen MR) is 109 cm³/mol. The molecule has 2 N–H and O–H groups in total. The fraction of sp³-hybridized carbons (Fsp3) is 0.353. The average molecular weight is 412 g/mol. The molecule has 3 rings (SSSR count). The molecule has 1 aromatic heterocycles. The standard InChI is InChI=1S/C17H19Cl2N5OS/c1-11-13(10-21-22-17(26)20-9-12-5-4-8-25-12)16(19)24(23-11)15-7-3-2-6-14(15)18/h2-3,6-7,10,12H,4-5,8-9H2,1H3,(H2,20,22,26)/b21-10-/t12-/m1/s1. The number of benzene rings is 1. The molecule has 1 aliphatic heterocycles. The van der Waals surface area contributed by atoms with E-state index in [9.17, 15) is 0 Å². The van der Waals surface area contributed by atoms with Gasteiger partial charge >= 0.3 is 0 Å². The Labute approximate surface area is 167 Å². The van der Waals surface area contributed by atoms with Gasteiger partial charge in [-0.15, -0.1) is 0 Å². The van der Waals surface area contributed by atoms with Gasteiger partial charge < -0.3 is 10.1 Å². The van der Waals surface area contributed by atoms with Gasteiger partial charge in [0, 0.05) is 13.2 Å². The van der Waals surface area contributed by atoms with Gasteiger partial charge in [0.25, 0.3) is 0 Å². The SMILES string of the molecule is Cc1nn(-c2ccccc2Cl)c(Cl)c1/C=N\NC(=S)NC[C@H]1CCCO1. The summed E-state index contributed by atoms with van der Waals surface area (Å²) in [6.45, 7) is 3.35. The first kappa shape index (κ1) is 19.1. The van der Waals surface area contributed by atoms with Gasteiger partial charge in [0.1, 0.15) is 5.15 Å². The van der Waals surface area contributed by atoms with Crippen LogP contribution in [0.1, 0.15) is 24.1 Å². The lowest BCUT2D eigenvalue weighted by molar-refractivity contribution is 0.114. The van der Waals surface area contributed by atoms with Crippen molar-refractivity contribution >= 4 is 46.7 Å². The van der Waals surface area contributed by atoms with Crippen molar-refractivity contribution in [3.63, 3.8) is 0 Å². The Morgan fingerprint density at radius 2 is 2.27 bits per heavy atom. The minimum Gasteiger partial charge on any atom is -0.376 e. The number of aromatic nitrogens is 2. The van der Waals surface area contributed by atoms with E-state index in [1.807, 2.05) is 25.1 Å². The number of hydrazone groups is 1. The van der Waals surface area contributed by atoms with Crippen molar-refractivity contribution in [3.8, 4) is 5.69 Å². The lowest BCUT2D eigenvalue weighted by Crippen LogP contribution is -2.37. The third-order valence-electron chi connectivity index (χ3n) is 4.00. The Hall–Kier alpha value is -1.67. The molecule has 0 spiro atoms. The maximum atomic E-state index is 6.46. The van der Waals surface area contributed by atoms with Crippen LogP contribution in [-0.4, -0.2) is 40.4 Å². The summed E-state index contributed by atoms with van der Waals surface area (Å²) >= 11 is 17.9. The number of nitrogens with zero attached hydrogens (tertiary/aromatic N) is 3. The lowest BCUT2D eigenvalue weighted by Gasteiger charge is -2.11. The van der Waals surface area contributed by atoms with Crippen LogP contribution < -0.4 is 10.7 Å². The molecular weight excluding hydrogens is 393 g/mol.